The fraction of sp³-hybridized carbons (Fsp3) is 0. The van der Waals surface area contributed by atoms with Gasteiger partial charge in [0.05, 0.1) is 60.3 Å². The SMILES string of the molecule is c1cc2nc[nH]c2cn1.c1nc2cnncc2[nH]1.c1ncc2[nH]cnc2n1. The maximum Gasteiger partial charge on any atom is 0.180 e. The molecule has 11 heteroatoms. The van der Waals surface area contributed by atoms with Gasteiger partial charge in [0.1, 0.15) is 17.4 Å². The van der Waals surface area contributed by atoms with Crippen molar-refractivity contribution in [1.29, 1.82) is 0 Å². The van der Waals surface area contributed by atoms with Crippen LogP contribution in [0.2, 0.25) is 0 Å². The molecule has 0 unspecified atom stereocenters. The minimum absolute atomic E-state index is 0.713. The molecule has 6 heterocycles. The van der Waals surface area contributed by atoms with Gasteiger partial charge in [-0.25, -0.2) is 24.9 Å². The van der Waals surface area contributed by atoms with Gasteiger partial charge in [-0.2, -0.15) is 10.2 Å². The number of aromatic amines is 3. The average molecular weight is 359 g/mol. The molecule has 0 amide bonds. The normalized spacial score (nSPS) is 10.2. The van der Waals surface area contributed by atoms with Crippen LogP contribution in [0.15, 0.2) is 62.4 Å². The Bertz CT molecular complexity index is 1010. The summed E-state index contributed by atoms with van der Waals surface area (Å²) < 4.78 is 0. The molecule has 6 aromatic rings. The first-order chi connectivity index (χ1) is 13.4. The van der Waals surface area contributed by atoms with Crippen LogP contribution >= 0.6 is 0 Å². The van der Waals surface area contributed by atoms with Crippen LogP contribution in [0.4, 0.5) is 0 Å². The number of hydrogen-bond acceptors (Lipinski definition) is 8. The summed E-state index contributed by atoms with van der Waals surface area (Å²) in [4.78, 5) is 32.2. The van der Waals surface area contributed by atoms with Gasteiger partial charge in [0, 0.05) is 6.20 Å². The third-order valence-corrected chi connectivity index (χ3v) is 3.45. The van der Waals surface area contributed by atoms with Gasteiger partial charge >= 0.3 is 0 Å². The topological polar surface area (TPSA) is 150 Å². The maximum atomic E-state index is 4.02. The summed E-state index contributed by atoms with van der Waals surface area (Å²) >= 11 is 0. The number of fused-ring (bicyclic) bond motifs is 3. The summed E-state index contributed by atoms with van der Waals surface area (Å²) in [6, 6.07) is 1.87. The second-order valence-corrected chi connectivity index (χ2v) is 5.15. The number of pyridine rings is 1. The summed E-state index contributed by atoms with van der Waals surface area (Å²) in [7, 11) is 0. The van der Waals surface area contributed by atoms with E-state index in [1.165, 1.54) is 6.33 Å². The molecule has 0 aliphatic carbocycles. The van der Waals surface area contributed by atoms with Crippen LogP contribution in [0.25, 0.3) is 33.2 Å². The molecule has 0 spiro atoms. The van der Waals surface area contributed by atoms with E-state index in [4.69, 9.17) is 0 Å². The first-order valence-corrected chi connectivity index (χ1v) is 7.82. The van der Waals surface area contributed by atoms with Crippen molar-refractivity contribution in [2.24, 2.45) is 0 Å². The fourth-order valence-corrected chi connectivity index (χ4v) is 2.17. The summed E-state index contributed by atoms with van der Waals surface area (Å²) in [5.74, 6) is 0. The lowest BCUT2D eigenvalue weighted by atomic mass is 10.4. The number of nitrogens with one attached hydrogen (secondary N) is 3. The van der Waals surface area contributed by atoms with Crippen LogP contribution in [-0.4, -0.2) is 55.1 Å². The Hall–Kier alpha value is -4.28. The van der Waals surface area contributed by atoms with Crippen molar-refractivity contribution in [2.45, 2.75) is 0 Å². The first-order valence-electron chi connectivity index (χ1n) is 7.82. The largest absolute Gasteiger partial charge is 0.343 e. The molecule has 0 aromatic carbocycles. The zero-order chi connectivity index (χ0) is 18.3. The van der Waals surface area contributed by atoms with E-state index >= 15 is 0 Å². The van der Waals surface area contributed by atoms with Gasteiger partial charge in [0.15, 0.2) is 5.65 Å². The van der Waals surface area contributed by atoms with Crippen molar-refractivity contribution in [3.8, 4) is 0 Å². The molecular formula is C16H13N11. The van der Waals surface area contributed by atoms with Crippen molar-refractivity contribution in [3.63, 3.8) is 0 Å². The third kappa shape index (κ3) is 3.87. The van der Waals surface area contributed by atoms with Gasteiger partial charge in [-0.05, 0) is 6.07 Å². The molecule has 132 valence electrons. The molecule has 0 saturated heterocycles. The fourth-order valence-electron chi connectivity index (χ4n) is 2.17. The summed E-state index contributed by atoms with van der Waals surface area (Å²) in [5, 5.41) is 7.32. The molecule has 6 rings (SSSR count). The highest BCUT2D eigenvalue weighted by atomic mass is 15.1. The summed E-state index contributed by atoms with van der Waals surface area (Å²) in [6.07, 6.45) is 14.8. The van der Waals surface area contributed by atoms with Crippen molar-refractivity contribution < 1.29 is 0 Å². The van der Waals surface area contributed by atoms with Gasteiger partial charge < -0.3 is 15.0 Å². The molecule has 3 N–H and O–H groups in total. The lowest BCUT2D eigenvalue weighted by molar-refractivity contribution is 1.05. The van der Waals surface area contributed by atoms with Crippen molar-refractivity contribution in [1.82, 2.24) is 55.1 Å². The van der Waals surface area contributed by atoms with E-state index in [-0.39, 0.29) is 0 Å². The van der Waals surface area contributed by atoms with E-state index < -0.39 is 0 Å². The Labute approximate surface area is 151 Å². The predicted octanol–water partition coefficient (Wildman–Crippen LogP) is 1.66. The van der Waals surface area contributed by atoms with Crippen LogP contribution in [0.5, 0.6) is 0 Å². The molecule has 0 aliphatic heterocycles. The van der Waals surface area contributed by atoms with Gasteiger partial charge in [-0.3, -0.25) is 4.98 Å². The minimum atomic E-state index is 0.713. The van der Waals surface area contributed by atoms with Gasteiger partial charge in [-0.1, -0.05) is 0 Å². The molecule has 6 aromatic heterocycles. The standard InChI is InChI=1S/C6H5N3.2C5H4N4/c1-2-7-3-6-5(1)8-4-9-6;1-4-5(8-2-6-1)9-3-7-4;1-4-5(2-9-8-1)7-3-6-4/h1-4H,(H,8,9);1-3H,(H,6,7,8,9);1-3H,(H,6,7). The van der Waals surface area contributed by atoms with E-state index in [1.807, 2.05) is 6.07 Å². The first kappa shape index (κ1) is 16.2. The van der Waals surface area contributed by atoms with Crippen molar-refractivity contribution in [2.75, 3.05) is 0 Å². The van der Waals surface area contributed by atoms with Crippen LogP contribution in [0.3, 0.4) is 0 Å². The lowest BCUT2D eigenvalue weighted by Crippen LogP contribution is -1.76. The van der Waals surface area contributed by atoms with Gasteiger partial charge in [0.2, 0.25) is 0 Å². The smallest absolute Gasteiger partial charge is 0.180 e. The summed E-state index contributed by atoms with van der Waals surface area (Å²) in [5.41, 5.74) is 5.31. The second kappa shape index (κ2) is 7.74. The highest BCUT2D eigenvalue weighted by molar-refractivity contribution is 5.72. The predicted molar refractivity (Wildman–Crippen MR) is 97.3 cm³/mol. The summed E-state index contributed by atoms with van der Waals surface area (Å²) in [6.45, 7) is 0. The molecule has 27 heavy (non-hydrogen) atoms. The van der Waals surface area contributed by atoms with E-state index in [9.17, 15) is 0 Å². The number of rotatable bonds is 0. The quantitative estimate of drug-likeness (QED) is 0.370. The zero-order valence-corrected chi connectivity index (χ0v) is 13.9. The molecule has 0 saturated carbocycles. The minimum Gasteiger partial charge on any atom is -0.343 e. The zero-order valence-electron chi connectivity index (χ0n) is 13.9. The van der Waals surface area contributed by atoms with Crippen LogP contribution < -0.4 is 0 Å². The molecule has 11 nitrogen and oxygen atoms in total. The monoisotopic (exact) mass is 359 g/mol. The Morgan fingerprint density at radius 3 is 2.11 bits per heavy atom. The molecule has 0 bridgehead atoms. The average Bonchev–Trinajstić information content (AvgIpc) is 3.48. The van der Waals surface area contributed by atoms with Crippen molar-refractivity contribution in [3.05, 3.63) is 62.4 Å². The second-order valence-electron chi connectivity index (χ2n) is 5.15. The molecule has 0 radical (unpaired) electrons. The van der Waals surface area contributed by atoms with Gasteiger partial charge in [-0.15, -0.1) is 0 Å². The molecular weight excluding hydrogens is 346 g/mol. The highest BCUT2D eigenvalue weighted by Gasteiger charge is 1.92. The Morgan fingerprint density at radius 2 is 1.30 bits per heavy atom. The van der Waals surface area contributed by atoms with Crippen LogP contribution in [0.1, 0.15) is 0 Å². The number of H-pyrrole nitrogens is 3. The Kier molecular flexibility index (Phi) is 4.64. The third-order valence-electron chi connectivity index (χ3n) is 3.45. The molecule has 0 atom stereocenters. The number of aromatic nitrogens is 11. The van der Waals surface area contributed by atoms with E-state index in [0.717, 1.165) is 27.6 Å². The van der Waals surface area contributed by atoms with E-state index in [0.29, 0.717) is 5.65 Å². The van der Waals surface area contributed by atoms with Crippen molar-refractivity contribution >= 4 is 33.2 Å². The molecule has 0 fully saturated rings. The Morgan fingerprint density at radius 1 is 0.593 bits per heavy atom. The van der Waals surface area contributed by atoms with E-state index in [1.54, 1.807) is 50.0 Å². The molecule has 0 aliphatic rings. The number of hydrogen-bond donors (Lipinski definition) is 3. The number of nitrogens with zero attached hydrogens (tertiary/aromatic N) is 8. The van der Waals surface area contributed by atoms with Crippen LogP contribution in [-0.2, 0) is 0 Å². The highest BCUT2D eigenvalue weighted by Crippen LogP contribution is 2.03. The van der Waals surface area contributed by atoms with Gasteiger partial charge in [0.25, 0.3) is 0 Å². The lowest BCUT2D eigenvalue weighted by Gasteiger charge is -1.80. The van der Waals surface area contributed by atoms with E-state index in [2.05, 4.69) is 55.1 Å². The van der Waals surface area contributed by atoms with Crippen LogP contribution in [0, 0.1) is 0 Å². The number of imidazole rings is 3. The maximum absolute atomic E-state index is 4.02. The Balaban J connectivity index is 0.0000001000.